The van der Waals surface area contributed by atoms with Crippen molar-refractivity contribution in [2.24, 2.45) is 5.92 Å². The Kier molecular flexibility index (Phi) is 5.60. The van der Waals surface area contributed by atoms with Crippen molar-refractivity contribution in [3.63, 3.8) is 0 Å². The van der Waals surface area contributed by atoms with Crippen molar-refractivity contribution in [2.45, 2.75) is 36.5 Å². The van der Waals surface area contributed by atoms with Crippen LogP contribution >= 0.6 is 0 Å². The third-order valence-corrected chi connectivity index (χ3v) is 7.97. The number of benzene rings is 2. The van der Waals surface area contributed by atoms with Gasteiger partial charge in [0.1, 0.15) is 0 Å². The maximum atomic E-state index is 12.8. The maximum Gasteiger partial charge on any atom is 0.261 e. The second kappa shape index (κ2) is 7.61. The van der Waals surface area contributed by atoms with E-state index in [9.17, 15) is 16.8 Å². The zero-order valence-electron chi connectivity index (χ0n) is 15.4. The van der Waals surface area contributed by atoms with Gasteiger partial charge in [-0.1, -0.05) is 24.6 Å². The van der Waals surface area contributed by atoms with E-state index in [-0.39, 0.29) is 9.79 Å². The highest BCUT2D eigenvalue weighted by atomic mass is 32.2. The molecule has 1 fully saturated rings. The molecule has 3 rings (SSSR count). The van der Waals surface area contributed by atoms with Gasteiger partial charge >= 0.3 is 0 Å². The first-order valence-corrected chi connectivity index (χ1v) is 11.8. The second-order valence-corrected chi connectivity index (χ2v) is 10.7. The van der Waals surface area contributed by atoms with Gasteiger partial charge in [-0.05, 0) is 62.1 Å². The monoisotopic (exact) mass is 408 g/mol. The summed E-state index contributed by atoms with van der Waals surface area (Å²) in [4.78, 5) is 0.335. The zero-order valence-corrected chi connectivity index (χ0v) is 17.1. The summed E-state index contributed by atoms with van der Waals surface area (Å²) in [5.41, 5.74) is 1.29. The van der Waals surface area contributed by atoms with Gasteiger partial charge in [-0.25, -0.2) is 16.8 Å². The lowest BCUT2D eigenvalue weighted by Gasteiger charge is -2.30. The van der Waals surface area contributed by atoms with Crippen molar-refractivity contribution in [1.82, 2.24) is 4.31 Å². The van der Waals surface area contributed by atoms with E-state index < -0.39 is 20.0 Å². The van der Waals surface area contributed by atoms with Crippen molar-refractivity contribution >= 4 is 25.7 Å². The van der Waals surface area contributed by atoms with Crippen LogP contribution in [0.1, 0.15) is 25.3 Å². The molecule has 1 aliphatic rings. The Hall–Kier alpha value is -1.90. The van der Waals surface area contributed by atoms with Crippen LogP contribution in [0.15, 0.2) is 58.3 Å². The van der Waals surface area contributed by atoms with E-state index in [1.807, 2.05) is 13.8 Å². The normalized spacial score (nSPS) is 19.0. The van der Waals surface area contributed by atoms with E-state index >= 15 is 0 Å². The first-order valence-electron chi connectivity index (χ1n) is 8.88. The summed E-state index contributed by atoms with van der Waals surface area (Å²) in [6.07, 6.45) is 1.89. The van der Waals surface area contributed by atoms with Gasteiger partial charge in [0.05, 0.1) is 9.79 Å². The molecule has 1 N–H and O–H groups in total. The topological polar surface area (TPSA) is 83.5 Å². The second-order valence-electron chi connectivity index (χ2n) is 7.05. The maximum absolute atomic E-state index is 12.8. The summed E-state index contributed by atoms with van der Waals surface area (Å²) in [5.74, 6) is 0.342. The van der Waals surface area contributed by atoms with Gasteiger partial charge in [0, 0.05) is 18.8 Å². The van der Waals surface area contributed by atoms with Gasteiger partial charge in [-0.3, -0.25) is 4.72 Å². The lowest BCUT2D eigenvalue weighted by molar-refractivity contribution is 0.281. The van der Waals surface area contributed by atoms with Gasteiger partial charge < -0.3 is 0 Å². The summed E-state index contributed by atoms with van der Waals surface area (Å²) < 4.78 is 54.4. The first kappa shape index (κ1) is 19.9. The van der Waals surface area contributed by atoms with E-state index in [4.69, 9.17) is 0 Å². The average Bonchev–Trinajstić information content (AvgIpc) is 2.62. The van der Waals surface area contributed by atoms with E-state index in [1.165, 1.54) is 40.7 Å². The van der Waals surface area contributed by atoms with Crippen LogP contribution in [0.5, 0.6) is 0 Å². The molecule has 1 saturated heterocycles. The molecule has 6 nitrogen and oxygen atoms in total. The van der Waals surface area contributed by atoms with Gasteiger partial charge in [0.2, 0.25) is 10.0 Å². The number of nitrogens with zero attached hydrogens (tertiary/aromatic N) is 1. The minimum Gasteiger partial charge on any atom is -0.280 e. The van der Waals surface area contributed by atoms with Crippen molar-refractivity contribution in [2.75, 3.05) is 17.8 Å². The molecule has 8 heteroatoms. The molecule has 146 valence electrons. The van der Waals surface area contributed by atoms with Crippen molar-refractivity contribution in [3.8, 4) is 0 Å². The third kappa shape index (κ3) is 4.51. The lowest BCUT2D eigenvalue weighted by Crippen LogP contribution is -2.39. The standard InChI is InChI=1S/C19H24N2O4S2/c1-15-5-9-18(10-6-15)26(22,23)20-17-7-11-19(12-8-17)27(24,25)21-13-3-4-16(2)14-21/h5-12,16,20H,3-4,13-14H2,1-2H3/t16-/m1/s1. The number of sulfonamides is 2. The molecule has 0 saturated carbocycles. The number of hydrogen-bond acceptors (Lipinski definition) is 4. The van der Waals surface area contributed by atoms with Crippen molar-refractivity contribution in [3.05, 3.63) is 54.1 Å². The largest absolute Gasteiger partial charge is 0.280 e. The SMILES string of the molecule is Cc1ccc(S(=O)(=O)Nc2ccc(S(=O)(=O)N3CCC[C@@H](C)C3)cc2)cc1. The zero-order chi connectivity index (χ0) is 19.7. The van der Waals surface area contributed by atoms with Crippen molar-refractivity contribution in [1.29, 1.82) is 0 Å². The Morgan fingerprint density at radius 2 is 1.52 bits per heavy atom. The average molecular weight is 409 g/mol. The molecular weight excluding hydrogens is 384 g/mol. The van der Waals surface area contributed by atoms with Gasteiger partial charge in [0.15, 0.2) is 0 Å². The van der Waals surface area contributed by atoms with Gasteiger partial charge in [-0.2, -0.15) is 4.31 Å². The van der Waals surface area contributed by atoms with Crippen LogP contribution < -0.4 is 4.72 Å². The smallest absolute Gasteiger partial charge is 0.261 e. The fraction of sp³-hybridized carbons (Fsp3) is 0.368. The van der Waals surface area contributed by atoms with Gasteiger partial charge in [-0.15, -0.1) is 0 Å². The molecule has 2 aromatic rings. The van der Waals surface area contributed by atoms with Crippen LogP contribution in [-0.2, 0) is 20.0 Å². The number of aryl methyl sites for hydroxylation is 1. The van der Waals surface area contributed by atoms with Gasteiger partial charge in [0.25, 0.3) is 10.0 Å². The molecule has 0 bridgehead atoms. The molecular formula is C19H24N2O4S2. The molecule has 0 amide bonds. The summed E-state index contributed by atoms with van der Waals surface area (Å²) >= 11 is 0. The summed E-state index contributed by atoms with van der Waals surface area (Å²) in [6, 6.07) is 12.4. The highest BCUT2D eigenvalue weighted by molar-refractivity contribution is 7.92. The summed E-state index contributed by atoms with van der Waals surface area (Å²) in [5, 5.41) is 0. The molecule has 0 unspecified atom stereocenters. The minimum atomic E-state index is -3.72. The quantitative estimate of drug-likeness (QED) is 0.823. The Bertz CT molecular complexity index is 999. The number of piperidine rings is 1. The summed E-state index contributed by atoms with van der Waals surface area (Å²) in [7, 11) is -7.27. The summed E-state index contributed by atoms with van der Waals surface area (Å²) in [6.45, 7) is 4.97. The molecule has 0 aromatic heterocycles. The molecule has 2 aromatic carbocycles. The highest BCUT2D eigenvalue weighted by Crippen LogP contribution is 2.25. The first-order chi connectivity index (χ1) is 12.7. The van der Waals surface area contributed by atoms with Crippen LogP contribution in [0.3, 0.4) is 0 Å². The molecule has 0 spiro atoms. The molecule has 27 heavy (non-hydrogen) atoms. The van der Waals surface area contributed by atoms with Crippen LogP contribution in [0.4, 0.5) is 5.69 Å². The Morgan fingerprint density at radius 1 is 0.926 bits per heavy atom. The molecule has 0 aliphatic carbocycles. The number of rotatable bonds is 5. The minimum absolute atomic E-state index is 0.159. The predicted octanol–water partition coefficient (Wildman–Crippen LogP) is 3.22. The van der Waals surface area contributed by atoms with Crippen LogP contribution in [0.2, 0.25) is 0 Å². The van der Waals surface area contributed by atoms with E-state index in [1.54, 1.807) is 12.1 Å². The fourth-order valence-corrected chi connectivity index (χ4v) is 5.80. The number of anilines is 1. The Morgan fingerprint density at radius 3 is 2.11 bits per heavy atom. The molecule has 1 aliphatic heterocycles. The molecule has 1 heterocycles. The van der Waals surface area contributed by atoms with Crippen molar-refractivity contribution < 1.29 is 16.8 Å². The third-order valence-electron chi connectivity index (χ3n) is 4.70. The molecule has 1 atom stereocenters. The highest BCUT2D eigenvalue weighted by Gasteiger charge is 2.28. The van der Waals surface area contributed by atoms with Crippen LogP contribution in [0.25, 0.3) is 0 Å². The Balaban J connectivity index is 1.78. The number of nitrogens with one attached hydrogen (secondary N) is 1. The van der Waals surface area contributed by atoms with Crippen LogP contribution in [0, 0.1) is 12.8 Å². The van der Waals surface area contributed by atoms with E-state index in [0.717, 1.165) is 18.4 Å². The predicted molar refractivity (Wildman–Crippen MR) is 106 cm³/mol. The Labute approximate surface area is 161 Å². The number of hydrogen-bond donors (Lipinski definition) is 1. The van der Waals surface area contributed by atoms with E-state index in [0.29, 0.717) is 24.7 Å². The molecule has 0 radical (unpaired) electrons. The van der Waals surface area contributed by atoms with Crippen LogP contribution in [-0.4, -0.2) is 34.2 Å². The lowest BCUT2D eigenvalue weighted by atomic mass is 10.0. The van der Waals surface area contributed by atoms with E-state index in [2.05, 4.69) is 4.72 Å². The fourth-order valence-electron chi connectivity index (χ4n) is 3.14.